The molecule has 0 N–H and O–H groups in total. The predicted octanol–water partition coefficient (Wildman–Crippen LogP) is 2.88. The minimum absolute atomic E-state index is 0.000463. The number of hydrogen-bond acceptors (Lipinski definition) is 3. The molecule has 0 amide bonds. The molecular weight excluding hydrogens is 214 g/mol. The highest BCUT2D eigenvalue weighted by atomic mass is 16.5. The highest BCUT2D eigenvalue weighted by Gasteiger charge is 2.53. The second-order valence-electron chi connectivity index (χ2n) is 6.54. The van der Waals surface area contributed by atoms with Gasteiger partial charge in [-0.25, -0.2) is 0 Å². The van der Waals surface area contributed by atoms with Gasteiger partial charge in [0.1, 0.15) is 11.5 Å². The summed E-state index contributed by atoms with van der Waals surface area (Å²) in [5, 5.41) is 3.95. The fourth-order valence-electron chi connectivity index (χ4n) is 4.24. The monoisotopic (exact) mass is 233 g/mol. The molecule has 1 aromatic heterocycles. The zero-order valence-corrected chi connectivity index (χ0v) is 10.7. The van der Waals surface area contributed by atoms with Crippen molar-refractivity contribution in [3.63, 3.8) is 0 Å². The largest absolute Gasteiger partial charge is 0.361 e. The van der Waals surface area contributed by atoms with E-state index in [9.17, 15) is 4.79 Å². The molecule has 1 heterocycles. The summed E-state index contributed by atoms with van der Waals surface area (Å²) in [5.74, 6) is 1.97. The number of nitrogens with zero attached hydrogens (tertiary/aromatic N) is 1. The summed E-state index contributed by atoms with van der Waals surface area (Å²) in [6, 6.07) is 0. The first-order valence-electron chi connectivity index (χ1n) is 6.39. The van der Waals surface area contributed by atoms with E-state index in [-0.39, 0.29) is 10.8 Å². The molecule has 0 radical (unpaired) electrons. The summed E-state index contributed by atoms with van der Waals surface area (Å²) in [4.78, 5) is 11.7. The van der Waals surface area contributed by atoms with E-state index < -0.39 is 0 Å². The lowest BCUT2D eigenvalue weighted by Gasteiger charge is -2.51. The van der Waals surface area contributed by atoms with Gasteiger partial charge in [-0.3, -0.25) is 4.79 Å². The quantitative estimate of drug-likeness (QED) is 0.692. The van der Waals surface area contributed by atoms with E-state index in [2.05, 4.69) is 25.9 Å². The van der Waals surface area contributed by atoms with Crippen LogP contribution in [0.5, 0.6) is 0 Å². The molecule has 3 heteroatoms. The van der Waals surface area contributed by atoms with Crippen molar-refractivity contribution in [3.8, 4) is 0 Å². The maximum atomic E-state index is 11.7. The lowest BCUT2D eigenvalue weighted by atomic mass is 9.52. The molecular formula is C14H19NO2. The van der Waals surface area contributed by atoms with Gasteiger partial charge < -0.3 is 4.52 Å². The van der Waals surface area contributed by atoms with Crippen LogP contribution in [0.25, 0.3) is 0 Å². The maximum absolute atomic E-state index is 11.7. The number of ketones is 1. The van der Waals surface area contributed by atoms with Crippen LogP contribution < -0.4 is 0 Å². The SMILES string of the molecule is CC1(C)c2oncc2C[C@@]2(C)CC(=O)CC[C@H]12. The van der Waals surface area contributed by atoms with E-state index in [1.165, 1.54) is 5.56 Å². The fraction of sp³-hybridized carbons (Fsp3) is 0.714. The van der Waals surface area contributed by atoms with Crippen LogP contribution in [0, 0.1) is 11.3 Å². The van der Waals surface area contributed by atoms with Crippen molar-refractivity contribution in [2.24, 2.45) is 11.3 Å². The van der Waals surface area contributed by atoms with Gasteiger partial charge in [-0.1, -0.05) is 25.9 Å². The predicted molar refractivity (Wildman–Crippen MR) is 63.7 cm³/mol. The molecule has 1 saturated carbocycles. The van der Waals surface area contributed by atoms with Gasteiger partial charge in [0.15, 0.2) is 0 Å². The van der Waals surface area contributed by atoms with Crippen LogP contribution >= 0.6 is 0 Å². The van der Waals surface area contributed by atoms with E-state index in [1.807, 2.05) is 6.20 Å². The molecule has 92 valence electrons. The van der Waals surface area contributed by atoms with Crippen LogP contribution in [-0.2, 0) is 16.6 Å². The Morgan fingerprint density at radius 2 is 2.12 bits per heavy atom. The van der Waals surface area contributed by atoms with Crippen LogP contribution in [0.4, 0.5) is 0 Å². The molecule has 3 nitrogen and oxygen atoms in total. The third-order valence-corrected chi connectivity index (χ3v) is 4.85. The minimum Gasteiger partial charge on any atom is -0.361 e. The standard InChI is InChI=1S/C14H19NO2/c1-13(2)11-5-4-10(16)7-14(11,3)6-9-8-15-17-12(9)13/h8,11H,4-7H2,1-3H3/t11-,14+/m1/s1. The lowest BCUT2D eigenvalue weighted by Crippen LogP contribution is -2.49. The molecule has 17 heavy (non-hydrogen) atoms. The average Bonchev–Trinajstić information content (AvgIpc) is 2.64. The van der Waals surface area contributed by atoms with E-state index in [1.54, 1.807) is 0 Å². The molecule has 0 unspecified atom stereocenters. The third-order valence-electron chi connectivity index (χ3n) is 4.85. The number of carbonyl (C=O) groups excluding carboxylic acids is 1. The smallest absolute Gasteiger partial charge is 0.145 e. The minimum atomic E-state index is -0.000463. The van der Waals surface area contributed by atoms with Crippen LogP contribution in [0.1, 0.15) is 51.4 Å². The van der Waals surface area contributed by atoms with Gasteiger partial charge in [0, 0.05) is 23.8 Å². The molecule has 0 aliphatic heterocycles. The first-order valence-corrected chi connectivity index (χ1v) is 6.39. The van der Waals surface area contributed by atoms with Gasteiger partial charge in [0.25, 0.3) is 0 Å². The van der Waals surface area contributed by atoms with Gasteiger partial charge in [-0.05, 0) is 24.2 Å². The lowest BCUT2D eigenvalue weighted by molar-refractivity contribution is -0.127. The second kappa shape index (κ2) is 3.21. The molecule has 2 aliphatic carbocycles. The third kappa shape index (κ3) is 1.41. The molecule has 0 bridgehead atoms. The molecule has 1 fully saturated rings. The Labute approximate surface area is 102 Å². The Hall–Kier alpha value is -1.12. The van der Waals surface area contributed by atoms with E-state index in [0.29, 0.717) is 18.1 Å². The summed E-state index contributed by atoms with van der Waals surface area (Å²) in [6.45, 7) is 6.72. The number of hydrogen-bond donors (Lipinski definition) is 0. The fourth-order valence-corrected chi connectivity index (χ4v) is 4.24. The zero-order valence-electron chi connectivity index (χ0n) is 10.7. The van der Waals surface area contributed by atoms with Crippen LogP contribution in [0.3, 0.4) is 0 Å². The van der Waals surface area contributed by atoms with Gasteiger partial charge in [0.2, 0.25) is 0 Å². The molecule has 1 aromatic rings. The number of fused-ring (bicyclic) bond motifs is 2. The van der Waals surface area contributed by atoms with Gasteiger partial charge in [0.05, 0.1) is 6.20 Å². The van der Waals surface area contributed by atoms with Crippen LogP contribution in [0.2, 0.25) is 0 Å². The first kappa shape index (κ1) is 11.0. The molecule has 0 saturated heterocycles. The maximum Gasteiger partial charge on any atom is 0.145 e. The molecule has 0 spiro atoms. The number of aromatic nitrogens is 1. The second-order valence-corrected chi connectivity index (χ2v) is 6.54. The summed E-state index contributed by atoms with van der Waals surface area (Å²) in [6.07, 6.45) is 5.20. The summed E-state index contributed by atoms with van der Waals surface area (Å²) < 4.78 is 5.46. The Balaban J connectivity index is 2.11. The van der Waals surface area contributed by atoms with Crippen molar-refractivity contribution in [1.82, 2.24) is 5.16 Å². The van der Waals surface area contributed by atoms with Crippen molar-refractivity contribution in [2.75, 3.05) is 0 Å². The topological polar surface area (TPSA) is 43.1 Å². The van der Waals surface area contributed by atoms with Crippen LogP contribution in [0.15, 0.2) is 10.7 Å². The molecule has 0 aromatic carbocycles. The summed E-state index contributed by atoms with van der Waals surface area (Å²) in [7, 11) is 0. The van der Waals surface area contributed by atoms with Gasteiger partial charge in [-0.2, -0.15) is 0 Å². The highest BCUT2D eigenvalue weighted by molar-refractivity contribution is 5.80. The average molecular weight is 233 g/mol. The van der Waals surface area contributed by atoms with Crippen molar-refractivity contribution < 1.29 is 9.32 Å². The van der Waals surface area contributed by atoms with E-state index in [4.69, 9.17) is 4.52 Å². The molecule has 3 rings (SSSR count). The first-order chi connectivity index (χ1) is 7.93. The normalized spacial score (nSPS) is 35.2. The summed E-state index contributed by atoms with van der Waals surface area (Å²) >= 11 is 0. The van der Waals surface area contributed by atoms with Crippen LogP contribution in [-0.4, -0.2) is 10.9 Å². The Morgan fingerprint density at radius 3 is 2.88 bits per heavy atom. The Morgan fingerprint density at radius 1 is 1.35 bits per heavy atom. The summed E-state index contributed by atoms with van der Waals surface area (Å²) in [5.41, 5.74) is 1.29. The van der Waals surface area contributed by atoms with E-state index in [0.717, 1.165) is 25.0 Å². The number of carbonyl (C=O) groups is 1. The van der Waals surface area contributed by atoms with Gasteiger partial charge in [-0.15, -0.1) is 0 Å². The highest BCUT2D eigenvalue weighted by Crippen LogP contribution is 2.55. The zero-order chi connectivity index (χ0) is 12.3. The number of rotatable bonds is 0. The van der Waals surface area contributed by atoms with Crippen molar-refractivity contribution in [2.45, 2.75) is 51.9 Å². The van der Waals surface area contributed by atoms with Crippen molar-refractivity contribution in [1.29, 1.82) is 0 Å². The van der Waals surface area contributed by atoms with Gasteiger partial charge >= 0.3 is 0 Å². The van der Waals surface area contributed by atoms with Crippen molar-refractivity contribution >= 4 is 5.78 Å². The molecule has 2 aliphatic rings. The number of Topliss-reactive ketones (excluding diaryl/α,β-unsaturated/α-hetero) is 1. The Kier molecular flexibility index (Phi) is 2.08. The Bertz CT molecular complexity index is 474. The van der Waals surface area contributed by atoms with E-state index >= 15 is 0 Å². The van der Waals surface area contributed by atoms with Crippen molar-refractivity contribution in [3.05, 3.63) is 17.5 Å². The molecule has 2 atom stereocenters.